The summed E-state index contributed by atoms with van der Waals surface area (Å²) in [6.45, 7) is 0. The molecule has 308 valence electrons. The van der Waals surface area contributed by atoms with Gasteiger partial charge in [-0.3, -0.25) is 0 Å². The number of nitrogens with zero attached hydrogens (tertiary/aromatic N) is 2. The molecule has 0 saturated heterocycles. The number of aromatic nitrogens is 1. The molecule has 0 aliphatic rings. The molecule has 0 N–H and O–H groups in total. The van der Waals surface area contributed by atoms with E-state index in [1.54, 1.807) is 0 Å². The van der Waals surface area contributed by atoms with E-state index in [9.17, 15) is 0 Å². The lowest BCUT2D eigenvalue weighted by atomic mass is 9.85. The first-order valence-corrected chi connectivity index (χ1v) is 22.8. The Hall–Kier alpha value is -8.72. The van der Waals surface area contributed by atoms with Crippen LogP contribution in [0.25, 0.3) is 104 Å². The lowest BCUT2D eigenvalue weighted by Crippen LogP contribution is -2.11. The Kier molecular flexibility index (Phi) is 8.89. The molecule has 66 heavy (non-hydrogen) atoms. The van der Waals surface area contributed by atoms with E-state index in [1.165, 1.54) is 98.3 Å². The summed E-state index contributed by atoms with van der Waals surface area (Å²) >= 11 is 0. The third kappa shape index (κ3) is 6.04. The van der Waals surface area contributed by atoms with Crippen LogP contribution in [0.15, 0.2) is 255 Å². The second kappa shape index (κ2) is 15.5. The van der Waals surface area contributed by atoms with Crippen molar-refractivity contribution >= 4 is 82.0 Å². The molecule has 0 spiro atoms. The molecule has 12 aromatic carbocycles. The van der Waals surface area contributed by atoms with E-state index in [4.69, 9.17) is 0 Å². The zero-order valence-electron chi connectivity index (χ0n) is 36.1. The Morgan fingerprint density at radius 3 is 1.52 bits per heavy atom. The summed E-state index contributed by atoms with van der Waals surface area (Å²) in [6.07, 6.45) is 0. The van der Waals surface area contributed by atoms with Gasteiger partial charge in [0, 0.05) is 33.2 Å². The number of fused-ring (bicyclic) bond motifs is 9. The van der Waals surface area contributed by atoms with Crippen LogP contribution < -0.4 is 4.90 Å². The maximum Gasteiger partial charge on any atom is 0.0547 e. The third-order valence-electron chi connectivity index (χ3n) is 13.5. The minimum Gasteiger partial charge on any atom is -0.310 e. The Labute approximate surface area is 383 Å². The third-order valence-corrected chi connectivity index (χ3v) is 13.5. The molecule has 0 saturated carbocycles. The molecule has 0 amide bonds. The van der Waals surface area contributed by atoms with Crippen LogP contribution in [0.3, 0.4) is 0 Å². The summed E-state index contributed by atoms with van der Waals surface area (Å²) in [7, 11) is 0. The van der Waals surface area contributed by atoms with Crippen molar-refractivity contribution in [3.05, 3.63) is 255 Å². The van der Waals surface area contributed by atoms with Gasteiger partial charge in [0.2, 0.25) is 0 Å². The van der Waals surface area contributed by atoms with E-state index in [2.05, 4.69) is 264 Å². The second-order valence-corrected chi connectivity index (χ2v) is 17.2. The van der Waals surface area contributed by atoms with Crippen molar-refractivity contribution in [2.75, 3.05) is 4.90 Å². The summed E-state index contributed by atoms with van der Waals surface area (Å²) in [5.41, 5.74) is 14.1. The van der Waals surface area contributed by atoms with Gasteiger partial charge in [-0.2, -0.15) is 0 Å². The van der Waals surface area contributed by atoms with Crippen molar-refractivity contribution in [2.24, 2.45) is 0 Å². The van der Waals surface area contributed by atoms with Gasteiger partial charge in [-0.25, -0.2) is 0 Å². The van der Waals surface area contributed by atoms with Crippen LogP contribution in [0.1, 0.15) is 0 Å². The molecule has 1 aromatic heterocycles. The first-order chi connectivity index (χ1) is 32.8. The minimum atomic E-state index is 1.09. The highest BCUT2D eigenvalue weighted by Gasteiger charge is 2.23. The first-order valence-electron chi connectivity index (χ1n) is 22.8. The molecular weight excluding hydrogens is 797 g/mol. The zero-order valence-corrected chi connectivity index (χ0v) is 36.1. The molecule has 0 aliphatic heterocycles. The maximum atomic E-state index is 2.48. The summed E-state index contributed by atoms with van der Waals surface area (Å²) in [4.78, 5) is 2.48. The normalized spacial score (nSPS) is 11.6. The van der Waals surface area contributed by atoms with Crippen LogP contribution in [0.4, 0.5) is 17.1 Å². The molecule has 0 fully saturated rings. The number of anilines is 3. The molecule has 2 nitrogen and oxygen atoms in total. The van der Waals surface area contributed by atoms with Crippen LogP contribution in [-0.2, 0) is 0 Å². The smallest absolute Gasteiger partial charge is 0.0547 e. The molecule has 13 aromatic rings. The van der Waals surface area contributed by atoms with E-state index in [0.717, 1.165) is 22.7 Å². The molecule has 13 rings (SSSR count). The highest BCUT2D eigenvalue weighted by molar-refractivity contribution is 6.23. The Morgan fingerprint density at radius 2 is 0.803 bits per heavy atom. The number of para-hydroxylation sites is 2. The van der Waals surface area contributed by atoms with Gasteiger partial charge in [0.15, 0.2) is 0 Å². The molecule has 0 bridgehead atoms. The zero-order chi connectivity index (χ0) is 43.6. The number of benzene rings is 12. The van der Waals surface area contributed by atoms with Crippen molar-refractivity contribution in [3.8, 4) is 39.1 Å². The van der Waals surface area contributed by atoms with Crippen molar-refractivity contribution in [2.45, 2.75) is 0 Å². The molecule has 0 unspecified atom stereocenters. The Balaban J connectivity index is 1.07. The molecular formula is C64H42N2. The lowest BCUT2D eigenvalue weighted by molar-refractivity contribution is 1.18. The summed E-state index contributed by atoms with van der Waals surface area (Å²) in [5, 5.41) is 12.3. The topological polar surface area (TPSA) is 8.17 Å². The van der Waals surface area contributed by atoms with Gasteiger partial charge >= 0.3 is 0 Å². The van der Waals surface area contributed by atoms with Crippen LogP contribution in [-0.4, -0.2) is 4.57 Å². The van der Waals surface area contributed by atoms with Gasteiger partial charge in [0.05, 0.1) is 16.7 Å². The van der Waals surface area contributed by atoms with Crippen molar-refractivity contribution in [1.82, 2.24) is 4.57 Å². The molecule has 1 heterocycles. The van der Waals surface area contributed by atoms with Gasteiger partial charge in [-0.05, 0) is 126 Å². The van der Waals surface area contributed by atoms with Crippen molar-refractivity contribution in [3.63, 3.8) is 0 Å². The van der Waals surface area contributed by atoms with Crippen LogP contribution in [0.2, 0.25) is 0 Å². The van der Waals surface area contributed by atoms with Crippen LogP contribution in [0, 0.1) is 0 Å². The number of hydrogen-bond donors (Lipinski definition) is 0. The highest BCUT2D eigenvalue weighted by Crippen LogP contribution is 2.49. The number of hydrogen-bond acceptors (Lipinski definition) is 1. The maximum absolute atomic E-state index is 2.48. The first kappa shape index (κ1) is 37.8. The number of rotatable bonds is 7. The summed E-state index contributed by atoms with van der Waals surface area (Å²) < 4.78 is 2.39. The standard InChI is InChI=1S/C64H42N2/c1-4-19-44(20-5-1)62-56-30-15-13-28-53(56)54-40-39-49(42-58(54)63(62)45-21-6-2-7-22-45)65(61-41-46-23-10-11-26-50(46)52-27-12-14-29-55(52)61)48-37-35-43(36-38-48)51-32-18-34-60-64(51)57-31-16-17-33-59(57)66(60)47-24-8-3-9-25-47/h1-42H. The average molecular weight is 839 g/mol. The predicted octanol–water partition coefficient (Wildman–Crippen LogP) is 17.9. The summed E-state index contributed by atoms with van der Waals surface area (Å²) in [5.74, 6) is 0. The highest BCUT2D eigenvalue weighted by atomic mass is 15.1. The van der Waals surface area contributed by atoms with E-state index >= 15 is 0 Å². The predicted molar refractivity (Wildman–Crippen MR) is 282 cm³/mol. The molecule has 0 aliphatic carbocycles. The molecule has 2 heteroatoms. The van der Waals surface area contributed by atoms with Crippen LogP contribution in [0.5, 0.6) is 0 Å². The lowest BCUT2D eigenvalue weighted by Gasteiger charge is -2.29. The van der Waals surface area contributed by atoms with Gasteiger partial charge < -0.3 is 9.47 Å². The van der Waals surface area contributed by atoms with Gasteiger partial charge in [-0.15, -0.1) is 0 Å². The largest absolute Gasteiger partial charge is 0.310 e. The molecule has 0 atom stereocenters. The average Bonchev–Trinajstić information content (AvgIpc) is 3.74. The molecule has 0 radical (unpaired) electrons. The van der Waals surface area contributed by atoms with E-state index < -0.39 is 0 Å². The van der Waals surface area contributed by atoms with E-state index in [0.29, 0.717) is 0 Å². The fourth-order valence-electron chi connectivity index (χ4n) is 10.7. The monoisotopic (exact) mass is 838 g/mol. The van der Waals surface area contributed by atoms with Gasteiger partial charge in [0.1, 0.15) is 0 Å². The quantitative estimate of drug-likeness (QED) is 0.145. The van der Waals surface area contributed by atoms with Crippen molar-refractivity contribution < 1.29 is 0 Å². The van der Waals surface area contributed by atoms with Gasteiger partial charge in [-0.1, -0.05) is 200 Å². The van der Waals surface area contributed by atoms with Crippen molar-refractivity contribution in [1.29, 1.82) is 0 Å². The minimum absolute atomic E-state index is 1.09. The second-order valence-electron chi connectivity index (χ2n) is 17.2. The SMILES string of the molecule is c1ccc(-c2c(-c3ccccc3)c3cc(N(c4ccc(-c5cccc6c5c5ccccc5n6-c5ccccc5)cc4)c4cc5ccccc5c5ccccc45)ccc3c3ccccc23)cc1. The summed E-state index contributed by atoms with van der Waals surface area (Å²) in [6, 6.07) is 93.3. The van der Waals surface area contributed by atoms with Gasteiger partial charge in [0.25, 0.3) is 0 Å². The fourth-order valence-corrected chi connectivity index (χ4v) is 10.7. The fraction of sp³-hybridized carbons (Fsp3) is 0. The Bertz CT molecular complexity index is 3960. The van der Waals surface area contributed by atoms with E-state index in [-0.39, 0.29) is 0 Å². The van der Waals surface area contributed by atoms with E-state index in [1.807, 2.05) is 0 Å². The Morgan fingerprint density at radius 1 is 0.288 bits per heavy atom. The van der Waals surface area contributed by atoms with Crippen LogP contribution >= 0.6 is 0 Å².